The van der Waals surface area contributed by atoms with Crippen LogP contribution in [0.15, 0.2) is 83.3 Å². The molecule has 3 aromatic carbocycles. The van der Waals surface area contributed by atoms with Crippen LogP contribution in [0.5, 0.6) is 5.75 Å². The molecular formula is C26H23BrF3N3O. The molecule has 0 amide bonds. The van der Waals surface area contributed by atoms with Crippen LogP contribution in [0.1, 0.15) is 41.3 Å². The molecule has 4 nitrogen and oxygen atoms in total. The van der Waals surface area contributed by atoms with Crippen molar-refractivity contribution in [1.82, 2.24) is 15.8 Å². The van der Waals surface area contributed by atoms with Gasteiger partial charge in [0.25, 0.3) is 0 Å². The molecular weight excluding hydrogens is 507 g/mol. The summed E-state index contributed by atoms with van der Waals surface area (Å²) in [5.74, 6) is 0.167. The summed E-state index contributed by atoms with van der Waals surface area (Å²) < 4.78 is 40.3. The van der Waals surface area contributed by atoms with Crippen LogP contribution < -0.4 is 10.7 Å². The van der Waals surface area contributed by atoms with Gasteiger partial charge in [0.15, 0.2) is 0 Å². The van der Waals surface area contributed by atoms with Gasteiger partial charge >= 0.3 is 6.18 Å². The highest BCUT2D eigenvalue weighted by Crippen LogP contribution is 2.47. The van der Waals surface area contributed by atoms with Crippen LogP contribution in [0.25, 0.3) is 5.70 Å². The monoisotopic (exact) mass is 529 g/mol. The number of fused-ring (bicyclic) bond motifs is 1. The van der Waals surface area contributed by atoms with Crippen molar-refractivity contribution in [1.29, 1.82) is 0 Å². The summed E-state index contributed by atoms with van der Waals surface area (Å²) in [4.78, 5) is 0. The number of benzene rings is 3. The van der Waals surface area contributed by atoms with E-state index in [0.29, 0.717) is 0 Å². The van der Waals surface area contributed by atoms with Crippen molar-refractivity contribution in [3.8, 4) is 5.75 Å². The number of hydrogen-bond acceptors (Lipinski definition) is 4. The number of rotatable bonds is 3. The van der Waals surface area contributed by atoms with Gasteiger partial charge in [0.2, 0.25) is 0 Å². The number of halogens is 4. The molecule has 3 aromatic rings. The van der Waals surface area contributed by atoms with Crippen molar-refractivity contribution in [3.05, 3.63) is 106 Å². The predicted octanol–water partition coefficient (Wildman–Crippen LogP) is 6.34. The first kappa shape index (κ1) is 23.0. The lowest BCUT2D eigenvalue weighted by atomic mass is 9.82. The highest BCUT2D eigenvalue weighted by molar-refractivity contribution is 9.11. The number of hydrazine groups is 1. The van der Waals surface area contributed by atoms with E-state index in [0.717, 1.165) is 39.0 Å². The summed E-state index contributed by atoms with van der Waals surface area (Å²) in [5, 5.41) is 15.6. The normalized spacial score (nSPS) is 25.2. The second-order valence-corrected chi connectivity index (χ2v) is 9.52. The fourth-order valence-electron chi connectivity index (χ4n) is 4.87. The minimum absolute atomic E-state index is 0.0135. The highest BCUT2D eigenvalue weighted by atomic mass is 79.9. The van der Waals surface area contributed by atoms with E-state index in [2.05, 4.69) is 38.6 Å². The van der Waals surface area contributed by atoms with Gasteiger partial charge in [0.1, 0.15) is 11.9 Å². The molecule has 1 saturated heterocycles. The van der Waals surface area contributed by atoms with E-state index in [1.807, 2.05) is 42.5 Å². The standard InChI is InChI=1S/C26H23BrF3N3O/c1-15-22(17-7-11-19(12-8-17)26(28,29)30)31-25-21(27)23(16-5-3-2-4-6-16)32-33(25)24(15)18-9-13-20(34)14-10-18/h2-15,22,24-25,31-32,34H,1H3. The second kappa shape index (κ2) is 8.76. The zero-order chi connectivity index (χ0) is 24.0. The Bertz CT molecular complexity index is 1200. The number of nitrogens with one attached hydrogen (secondary N) is 2. The molecule has 4 unspecified atom stereocenters. The Morgan fingerprint density at radius 1 is 0.882 bits per heavy atom. The van der Waals surface area contributed by atoms with Gasteiger partial charge in [-0.2, -0.15) is 18.2 Å². The summed E-state index contributed by atoms with van der Waals surface area (Å²) in [6.45, 7) is 2.08. The molecule has 4 atom stereocenters. The van der Waals surface area contributed by atoms with Gasteiger partial charge in [-0.3, -0.25) is 5.32 Å². The van der Waals surface area contributed by atoms with Gasteiger partial charge in [-0.15, -0.1) is 0 Å². The molecule has 5 rings (SSSR count). The molecule has 2 heterocycles. The third kappa shape index (κ3) is 4.10. The molecule has 176 valence electrons. The summed E-state index contributed by atoms with van der Waals surface area (Å²) in [6.07, 6.45) is -4.61. The lowest BCUT2D eigenvalue weighted by Crippen LogP contribution is -2.58. The van der Waals surface area contributed by atoms with Crippen LogP contribution >= 0.6 is 15.9 Å². The summed E-state index contributed by atoms with van der Waals surface area (Å²) >= 11 is 3.78. The first-order valence-electron chi connectivity index (χ1n) is 11.0. The summed E-state index contributed by atoms with van der Waals surface area (Å²) in [5.41, 5.74) is 6.63. The number of hydrogen-bond donors (Lipinski definition) is 3. The Morgan fingerprint density at radius 2 is 1.50 bits per heavy atom. The van der Waals surface area contributed by atoms with Crippen molar-refractivity contribution in [3.63, 3.8) is 0 Å². The Kier molecular flexibility index (Phi) is 5.91. The third-order valence-corrected chi connectivity index (χ3v) is 7.38. The molecule has 34 heavy (non-hydrogen) atoms. The molecule has 0 spiro atoms. The van der Waals surface area contributed by atoms with E-state index >= 15 is 0 Å². The number of aromatic hydroxyl groups is 1. The summed E-state index contributed by atoms with van der Waals surface area (Å²) in [6, 6.07) is 22.1. The SMILES string of the molecule is CC1C(c2ccc(C(F)(F)F)cc2)NC2C(Br)=C(c3ccccc3)NN2C1c1ccc(O)cc1. The number of alkyl halides is 3. The summed E-state index contributed by atoms with van der Waals surface area (Å²) in [7, 11) is 0. The number of nitrogens with zero attached hydrogens (tertiary/aromatic N) is 1. The van der Waals surface area contributed by atoms with E-state index in [4.69, 9.17) is 0 Å². The minimum Gasteiger partial charge on any atom is -0.508 e. The molecule has 0 bridgehead atoms. The van der Waals surface area contributed by atoms with Crippen LogP contribution in [0, 0.1) is 5.92 Å². The molecule has 3 N–H and O–H groups in total. The molecule has 0 aromatic heterocycles. The van der Waals surface area contributed by atoms with Crippen molar-refractivity contribution < 1.29 is 18.3 Å². The van der Waals surface area contributed by atoms with E-state index in [-0.39, 0.29) is 29.9 Å². The van der Waals surface area contributed by atoms with Crippen molar-refractivity contribution in [2.45, 2.75) is 31.3 Å². The molecule has 0 radical (unpaired) electrons. The maximum Gasteiger partial charge on any atom is 0.416 e. The second-order valence-electron chi connectivity index (χ2n) is 8.67. The Morgan fingerprint density at radius 3 is 2.12 bits per heavy atom. The Balaban J connectivity index is 1.56. The fourth-order valence-corrected chi connectivity index (χ4v) is 5.54. The van der Waals surface area contributed by atoms with Gasteiger partial charge < -0.3 is 10.5 Å². The van der Waals surface area contributed by atoms with Gasteiger partial charge in [0.05, 0.1) is 21.8 Å². The van der Waals surface area contributed by atoms with E-state index < -0.39 is 11.7 Å². The molecule has 1 fully saturated rings. The van der Waals surface area contributed by atoms with Gasteiger partial charge in [0, 0.05) is 6.04 Å². The minimum atomic E-state index is -4.37. The molecule has 2 aliphatic heterocycles. The van der Waals surface area contributed by atoms with Crippen LogP contribution in [0.4, 0.5) is 13.2 Å². The average molecular weight is 530 g/mol. The Labute approximate surface area is 204 Å². The van der Waals surface area contributed by atoms with E-state index in [9.17, 15) is 18.3 Å². The smallest absolute Gasteiger partial charge is 0.416 e. The lowest BCUT2D eigenvalue weighted by molar-refractivity contribution is -0.137. The van der Waals surface area contributed by atoms with Crippen molar-refractivity contribution >= 4 is 21.6 Å². The van der Waals surface area contributed by atoms with E-state index in [1.165, 1.54) is 0 Å². The van der Waals surface area contributed by atoms with E-state index in [1.54, 1.807) is 24.3 Å². The average Bonchev–Trinajstić information content (AvgIpc) is 3.15. The lowest BCUT2D eigenvalue weighted by Gasteiger charge is -2.47. The first-order valence-corrected chi connectivity index (χ1v) is 11.8. The van der Waals surface area contributed by atoms with Crippen LogP contribution in [-0.2, 0) is 6.18 Å². The maximum absolute atomic E-state index is 13.1. The topological polar surface area (TPSA) is 47.5 Å². The van der Waals surface area contributed by atoms with Crippen molar-refractivity contribution in [2.24, 2.45) is 5.92 Å². The predicted molar refractivity (Wildman–Crippen MR) is 128 cm³/mol. The largest absolute Gasteiger partial charge is 0.508 e. The molecule has 8 heteroatoms. The van der Waals surface area contributed by atoms with Gasteiger partial charge in [-0.05, 0) is 46.9 Å². The molecule has 0 aliphatic carbocycles. The number of phenols is 1. The zero-order valence-electron chi connectivity index (χ0n) is 18.2. The number of phenolic OH excluding ortho intramolecular Hbond substituents is 1. The molecule has 0 saturated carbocycles. The van der Waals surface area contributed by atoms with Crippen LogP contribution in [0.2, 0.25) is 0 Å². The van der Waals surface area contributed by atoms with Crippen LogP contribution in [0.3, 0.4) is 0 Å². The van der Waals surface area contributed by atoms with Crippen LogP contribution in [-0.4, -0.2) is 16.3 Å². The highest BCUT2D eigenvalue weighted by Gasteiger charge is 2.47. The van der Waals surface area contributed by atoms with Gasteiger partial charge in [-0.25, -0.2) is 0 Å². The first-order chi connectivity index (χ1) is 16.2. The van der Waals surface area contributed by atoms with Crippen molar-refractivity contribution in [2.75, 3.05) is 0 Å². The zero-order valence-corrected chi connectivity index (χ0v) is 19.8. The molecule has 2 aliphatic rings. The fraction of sp³-hybridized carbons (Fsp3) is 0.231. The Hall–Kier alpha value is -2.81. The quantitative estimate of drug-likeness (QED) is 0.370. The van der Waals surface area contributed by atoms with Gasteiger partial charge in [-0.1, -0.05) is 77.5 Å². The maximum atomic E-state index is 13.1. The third-order valence-electron chi connectivity index (χ3n) is 6.55.